The molecule has 6 rings (SSSR count). The van der Waals surface area contributed by atoms with Gasteiger partial charge in [0.15, 0.2) is 5.82 Å². The molecule has 2 aliphatic heterocycles. The molecule has 2 aliphatic rings. The number of likely N-dealkylation sites (N-methyl/N-ethyl adjacent to an activating group) is 1. The van der Waals surface area contributed by atoms with Crippen molar-refractivity contribution in [2.75, 3.05) is 31.6 Å². The van der Waals surface area contributed by atoms with Gasteiger partial charge in [-0.2, -0.15) is 10.4 Å². The number of hydrogen-bond acceptors (Lipinski definition) is 8. The number of anilines is 1. The van der Waals surface area contributed by atoms with Gasteiger partial charge in [-0.15, -0.1) is 0 Å². The van der Waals surface area contributed by atoms with Crippen molar-refractivity contribution in [2.24, 2.45) is 0 Å². The summed E-state index contributed by atoms with van der Waals surface area (Å²) in [4.78, 5) is 39.4. The molecule has 0 atom stereocenters. The fourth-order valence-corrected chi connectivity index (χ4v) is 6.39. The molecule has 41 heavy (non-hydrogen) atoms. The summed E-state index contributed by atoms with van der Waals surface area (Å²) in [5, 5.41) is 15.2. The lowest BCUT2D eigenvalue weighted by molar-refractivity contribution is 0.0266. The molecule has 0 bridgehead atoms. The number of carbonyl (C=O) groups is 2. The monoisotopic (exact) mass is 568 g/mol. The quantitative estimate of drug-likeness (QED) is 0.169. The zero-order chi connectivity index (χ0) is 28.9. The van der Waals surface area contributed by atoms with Crippen LogP contribution in [0.1, 0.15) is 27.1 Å². The van der Waals surface area contributed by atoms with E-state index in [1.807, 2.05) is 30.1 Å². The Kier molecular flexibility index (Phi) is 6.60. The number of nitrogens with zero attached hydrogens (tertiary/aromatic N) is 8. The van der Waals surface area contributed by atoms with Crippen LogP contribution in [-0.4, -0.2) is 75.8 Å². The second kappa shape index (κ2) is 10.0. The van der Waals surface area contributed by atoms with Crippen LogP contribution in [0.4, 0.5) is 5.82 Å². The number of amides is 2. The molecule has 5 heterocycles. The third kappa shape index (κ3) is 4.65. The van der Waals surface area contributed by atoms with Crippen molar-refractivity contribution in [3.8, 4) is 17.3 Å². The molecular formula is C29H32N8O3Si. The van der Waals surface area contributed by atoms with Crippen LogP contribution in [0.3, 0.4) is 0 Å². The maximum Gasteiger partial charge on any atom is 0.267 e. The van der Waals surface area contributed by atoms with Gasteiger partial charge in [0.1, 0.15) is 24.2 Å². The van der Waals surface area contributed by atoms with E-state index in [1.54, 1.807) is 28.9 Å². The minimum Gasteiger partial charge on any atom is -0.361 e. The van der Waals surface area contributed by atoms with E-state index in [2.05, 4.69) is 40.6 Å². The highest BCUT2D eigenvalue weighted by molar-refractivity contribution is 6.76. The summed E-state index contributed by atoms with van der Waals surface area (Å²) in [6.45, 7) is 9.22. The summed E-state index contributed by atoms with van der Waals surface area (Å²) in [5.74, 6) is -0.672. The minimum absolute atomic E-state index is 0.196. The molecule has 1 saturated heterocycles. The van der Waals surface area contributed by atoms with Crippen molar-refractivity contribution in [3.05, 3.63) is 60.2 Å². The van der Waals surface area contributed by atoms with E-state index in [0.29, 0.717) is 54.5 Å². The van der Waals surface area contributed by atoms with Crippen molar-refractivity contribution in [1.82, 2.24) is 29.2 Å². The number of aromatic nitrogens is 5. The number of rotatable bonds is 9. The van der Waals surface area contributed by atoms with Crippen LogP contribution in [0.25, 0.3) is 22.3 Å². The van der Waals surface area contributed by atoms with E-state index < -0.39 is 25.4 Å². The number of imide groups is 1. The highest BCUT2D eigenvalue weighted by Crippen LogP contribution is 2.40. The number of carbonyl (C=O) groups excluding carboxylic acids is 2. The average molecular weight is 569 g/mol. The first-order valence-corrected chi connectivity index (χ1v) is 17.3. The maximum atomic E-state index is 13.5. The number of likely N-dealkylation sites (tertiary alicyclic amines) is 1. The number of fused-ring (bicyclic) bond motifs is 2. The van der Waals surface area contributed by atoms with Crippen molar-refractivity contribution in [3.63, 3.8) is 0 Å². The Bertz CT molecular complexity index is 1670. The molecule has 0 unspecified atom stereocenters. The molecule has 0 saturated carbocycles. The molecule has 210 valence electrons. The summed E-state index contributed by atoms with van der Waals surface area (Å²) < 4.78 is 9.64. The Balaban J connectivity index is 1.44. The molecule has 0 radical (unpaired) electrons. The molecule has 2 amide bonds. The number of benzene rings is 1. The van der Waals surface area contributed by atoms with Crippen molar-refractivity contribution in [1.29, 1.82) is 5.26 Å². The molecule has 1 aromatic carbocycles. The van der Waals surface area contributed by atoms with Gasteiger partial charge in [0.05, 0.1) is 34.9 Å². The summed E-state index contributed by atoms with van der Waals surface area (Å²) in [6, 6.07) is 12.0. The molecule has 0 N–H and O–H groups in total. The second-order valence-electron chi connectivity index (χ2n) is 12.1. The molecule has 3 aromatic heterocycles. The van der Waals surface area contributed by atoms with E-state index in [1.165, 1.54) is 6.33 Å². The lowest BCUT2D eigenvalue weighted by Gasteiger charge is -2.47. The summed E-state index contributed by atoms with van der Waals surface area (Å²) in [5.41, 5.74) is 1.85. The van der Waals surface area contributed by atoms with Gasteiger partial charge in [0, 0.05) is 45.6 Å². The van der Waals surface area contributed by atoms with Gasteiger partial charge in [-0.25, -0.2) is 14.9 Å². The number of ether oxygens (including phenoxy) is 1. The average Bonchev–Trinajstić information content (AvgIpc) is 3.60. The first kappa shape index (κ1) is 27.0. The predicted octanol–water partition coefficient (Wildman–Crippen LogP) is 3.96. The zero-order valence-electron chi connectivity index (χ0n) is 23.7. The first-order valence-electron chi connectivity index (χ1n) is 13.6. The van der Waals surface area contributed by atoms with Gasteiger partial charge >= 0.3 is 0 Å². The predicted molar refractivity (Wildman–Crippen MR) is 156 cm³/mol. The van der Waals surface area contributed by atoms with Crippen LogP contribution in [0.2, 0.25) is 25.7 Å². The van der Waals surface area contributed by atoms with Crippen molar-refractivity contribution in [2.45, 2.75) is 44.4 Å². The highest BCUT2D eigenvalue weighted by Gasteiger charge is 2.46. The molecule has 12 heteroatoms. The van der Waals surface area contributed by atoms with Crippen LogP contribution < -0.4 is 4.90 Å². The third-order valence-corrected chi connectivity index (χ3v) is 9.47. The number of hydrogen-bond donors (Lipinski definition) is 0. The Morgan fingerprint density at radius 3 is 2.39 bits per heavy atom. The zero-order valence-corrected chi connectivity index (χ0v) is 24.7. The summed E-state index contributed by atoms with van der Waals surface area (Å²) in [7, 11) is 0.765. The lowest BCUT2D eigenvalue weighted by Crippen LogP contribution is -2.61. The fourth-order valence-electron chi connectivity index (χ4n) is 5.63. The van der Waals surface area contributed by atoms with Crippen molar-refractivity contribution < 1.29 is 14.3 Å². The fraction of sp³-hybridized carbons (Fsp3) is 0.379. The van der Waals surface area contributed by atoms with Gasteiger partial charge in [0.2, 0.25) is 0 Å². The second-order valence-corrected chi connectivity index (χ2v) is 17.7. The first-order chi connectivity index (χ1) is 19.6. The van der Waals surface area contributed by atoms with Gasteiger partial charge in [-0.1, -0.05) is 31.8 Å². The van der Waals surface area contributed by atoms with E-state index in [-0.39, 0.29) is 12.2 Å². The standard InChI is InChI=1S/C29H32N8O3Si/c1-34-16-29(17-34,10-11-30)36-15-23(26(33-36)37-27(38)20-7-5-6-8-21(20)28(37)39)24-22-9-12-35(25(22)32-18-31-24)19-40-13-14-41(2,3)4/h5-9,12,15,18H,10,13-14,16-17,19H2,1-4H3. The molecule has 0 aliphatic carbocycles. The lowest BCUT2D eigenvalue weighted by atomic mass is 9.87. The van der Waals surface area contributed by atoms with Crippen LogP contribution in [0.5, 0.6) is 0 Å². The molecular weight excluding hydrogens is 536 g/mol. The highest BCUT2D eigenvalue weighted by atomic mass is 28.3. The third-order valence-electron chi connectivity index (χ3n) is 7.76. The van der Waals surface area contributed by atoms with Gasteiger partial charge in [0.25, 0.3) is 11.8 Å². The smallest absolute Gasteiger partial charge is 0.267 e. The molecule has 0 spiro atoms. The summed E-state index contributed by atoms with van der Waals surface area (Å²) in [6.07, 6.45) is 5.43. The van der Waals surface area contributed by atoms with E-state index in [4.69, 9.17) is 9.84 Å². The Hall–Kier alpha value is -4.18. The summed E-state index contributed by atoms with van der Waals surface area (Å²) >= 11 is 0. The molecule has 11 nitrogen and oxygen atoms in total. The van der Waals surface area contributed by atoms with Crippen LogP contribution in [-0.2, 0) is 17.0 Å². The normalized spacial score (nSPS) is 16.7. The molecule has 1 fully saturated rings. The van der Waals surface area contributed by atoms with Gasteiger partial charge in [-0.05, 0) is 31.3 Å². The van der Waals surface area contributed by atoms with E-state index in [9.17, 15) is 14.9 Å². The van der Waals surface area contributed by atoms with E-state index >= 15 is 0 Å². The van der Waals surface area contributed by atoms with Crippen LogP contribution in [0.15, 0.2) is 49.1 Å². The molecule has 4 aromatic rings. The SMILES string of the molecule is CN1CC(CC#N)(n2cc(-c3ncnc4c3ccn4COCC[Si](C)(C)C)c(N3C(=O)c4ccccc4C3=O)n2)C1. The topological polar surface area (TPSA) is 122 Å². The van der Waals surface area contributed by atoms with Crippen LogP contribution in [0, 0.1) is 11.3 Å². The Morgan fingerprint density at radius 1 is 1.05 bits per heavy atom. The van der Waals surface area contributed by atoms with Crippen molar-refractivity contribution >= 4 is 36.7 Å². The Labute approximate surface area is 239 Å². The van der Waals surface area contributed by atoms with E-state index in [0.717, 1.165) is 16.3 Å². The van der Waals surface area contributed by atoms with Gasteiger partial charge < -0.3 is 14.2 Å². The minimum atomic E-state index is -1.21. The Morgan fingerprint density at radius 2 is 1.76 bits per heavy atom. The van der Waals surface area contributed by atoms with Gasteiger partial charge in [-0.3, -0.25) is 14.3 Å². The largest absolute Gasteiger partial charge is 0.361 e. The number of nitriles is 1. The van der Waals surface area contributed by atoms with Crippen LogP contribution >= 0.6 is 0 Å². The maximum absolute atomic E-state index is 13.5.